The highest BCUT2D eigenvalue weighted by Gasteiger charge is 2.07. The van der Waals surface area contributed by atoms with E-state index in [0.29, 0.717) is 30.3 Å². The zero-order valence-electron chi connectivity index (χ0n) is 10.4. The van der Waals surface area contributed by atoms with Gasteiger partial charge in [0.25, 0.3) is 5.91 Å². The average Bonchev–Trinajstić information content (AvgIpc) is 2.95. The van der Waals surface area contributed by atoms with Crippen LogP contribution in [0.5, 0.6) is 5.88 Å². The van der Waals surface area contributed by atoms with Gasteiger partial charge in [0.2, 0.25) is 5.88 Å². The number of methoxy groups -OCH3 is 1. The van der Waals surface area contributed by atoms with Crippen LogP contribution in [0.25, 0.3) is 0 Å². The quantitative estimate of drug-likeness (QED) is 0.760. The molecule has 0 radical (unpaired) electrons. The summed E-state index contributed by atoms with van der Waals surface area (Å²) in [5.74, 6) is 0.238. The number of nitrogens with zero attached hydrogens (tertiary/aromatic N) is 2. The monoisotopic (exact) mass is 262 g/mol. The number of carbonyl (C=O) groups is 1. The summed E-state index contributed by atoms with van der Waals surface area (Å²) in [6, 6.07) is 3.40. The van der Waals surface area contributed by atoms with Crippen LogP contribution >= 0.6 is 0 Å². The minimum atomic E-state index is -0.247. The van der Waals surface area contributed by atoms with Crippen molar-refractivity contribution in [3.63, 3.8) is 0 Å². The third-order valence-electron chi connectivity index (χ3n) is 2.29. The van der Waals surface area contributed by atoms with Crippen LogP contribution in [0.3, 0.4) is 0 Å². The van der Waals surface area contributed by atoms with Crippen LogP contribution in [-0.4, -0.2) is 41.4 Å². The van der Waals surface area contributed by atoms with Gasteiger partial charge in [-0.15, -0.1) is 0 Å². The third kappa shape index (κ3) is 3.78. The lowest BCUT2D eigenvalue weighted by atomic mass is 10.3. The Hall–Kier alpha value is -2.41. The second-order valence-corrected chi connectivity index (χ2v) is 3.67. The highest BCUT2D eigenvalue weighted by Crippen LogP contribution is 2.12. The van der Waals surface area contributed by atoms with Crippen molar-refractivity contribution in [1.29, 1.82) is 0 Å². The molecule has 0 fully saturated rings. The number of hydrogen-bond donors (Lipinski definition) is 2. The molecule has 0 aliphatic rings. The molecule has 0 aliphatic heterocycles. The number of nitrogens with one attached hydrogen (secondary N) is 2. The first-order chi connectivity index (χ1) is 9.29. The Labute approximate surface area is 110 Å². The summed E-state index contributed by atoms with van der Waals surface area (Å²) in [5.41, 5.74) is 1.05. The molecular formula is C12H14N4O3. The molecule has 7 heteroatoms. The molecule has 2 aromatic heterocycles. The number of anilines is 1. The van der Waals surface area contributed by atoms with Crippen LogP contribution in [0.4, 0.5) is 5.69 Å². The third-order valence-corrected chi connectivity index (χ3v) is 2.29. The van der Waals surface area contributed by atoms with Crippen molar-refractivity contribution in [2.45, 2.75) is 0 Å². The smallest absolute Gasteiger partial charge is 0.258 e. The van der Waals surface area contributed by atoms with Gasteiger partial charge in [-0.3, -0.25) is 9.89 Å². The molecule has 0 spiro atoms. The number of amides is 1. The molecule has 0 saturated heterocycles. The molecule has 0 aliphatic carbocycles. The Morgan fingerprint density at radius 3 is 2.89 bits per heavy atom. The van der Waals surface area contributed by atoms with Crippen molar-refractivity contribution < 1.29 is 14.3 Å². The van der Waals surface area contributed by atoms with Crippen molar-refractivity contribution in [3.05, 3.63) is 36.3 Å². The van der Waals surface area contributed by atoms with E-state index in [1.54, 1.807) is 19.2 Å². The predicted octanol–water partition coefficient (Wildman–Crippen LogP) is 1.08. The first-order valence-electron chi connectivity index (χ1n) is 5.67. The topological polar surface area (TPSA) is 89.1 Å². The number of aromatic amines is 1. The van der Waals surface area contributed by atoms with Crippen LogP contribution in [0, 0.1) is 0 Å². The van der Waals surface area contributed by atoms with E-state index in [1.165, 1.54) is 18.6 Å². The lowest BCUT2D eigenvalue weighted by Crippen LogP contribution is -2.11. The summed E-state index contributed by atoms with van der Waals surface area (Å²) >= 11 is 0. The van der Waals surface area contributed by atoms with Crippen LogP contribution in [0.15, 0.2) is 30.7 Å². The number of ether oxygens (including phenoxy) is 2. The first kappa shape index (κ1) is 13.0. The lowest BCUT2D eigenvalue weighted by Gasteiger charge is -2.06. The normalized spacial score (nSPS) is 10.2. The van der Waals surface area contributed by atoms with Gasteiger partial charge in [0.05, 0.1) is 30.3 Å². The molecule has 2 heterocycles. The second-order valence-electron chi connectivity index (χ2n) is 3.67. The highest BCUT2D eigenvalue weighted by atomic mass is 16.5. The fourth-order valence-electron chi connectivity index (χ4n) is 1.35. The number of H-pyrrole nitrogens is 1. The van der Waals surface area contributed by atoms with E-state index in [1.807, 2.05) is 0 Å². The summed E-state index contributed by atoms with van der Waals surface area (Å²) in [4.78, 5) is 15.8. The molecule has 0 aromatic carbocycles. The standard InChI is InChI=1S/C12H14N4O3/c1-18-4-5-19-11-3-2-10(8-13-11)16-12(17)9-6-14-15-7-9/h2-3,6-8H,4-5H2,1H3,(H,14,15)(H,16,17). The van der Waals surface area contributed by atoms with Gasteiger partial charge in [-0.2, -0.15) is 5.10 Å². The zero-order valence-corrected chi connectivity index (χ0v) is 10.4. The molecule has 0 saturated carbocycles. The Balaban J connectivity index is 1.90. The summed E-state index contributed by atoms with van der Waals surface area (Å²) in [6.07, 6.45) is 4.50. The number of rotatable bonds is 6. The molecule has 19 heavy (non-hydrogen) atoms. The van der Waals surface area contributed by atoms with Gasteiger partial charge in [0, 0.05) is 19.4 Å². The van der Waals surface area contributed by atoms with Gasteiger partial charge in [0.15, 0.2) is 0 Å². The van der Waals surface area contributed by atoms with E-state index >= 15 is 0 Å². The van der Waals surface area contributed by atoms with Crippen molar-refractivity contribution >= 4 is 11.6 Å². The van der Waals surface area contributed by atoms with Crippen LogP contribution in [0.1, 0.15) is 10.4 Å². The van der Waals surface area contributed by atoms with Gasteiger partial charge in [0.1, 0.15) is 6.61 Å². The van der Waals surface area contributed by atoms with E-state index in [2.05, 4.69) is 20.5 Å². The SMILES string of the molecule is COCCOc1ccc(NC(=O)c2cn[nH]c2)cn1. The minimum absolute atomic E-state index is 0.247. The molecule has 100 valence electrons. The van der Waals surface area contributed by atoms with Crippen molar-refractivity contribution in [2.75, 3.05) is 25.6 Å². The molecule has 2 rings (SSSR count). The zero-order chi connectivity index (χ0) is 13.5. The number of aromatic nitrogens is 3. The molecular weight excluding hydrogens is 248 g/mol. The predicted molar refractivity (Wildman–Crippen MR) is 68.1 cm³/mol. The Morgan fingerprint density at radius 2 is 2.26 bits per heavy atom. The molecule has 2 N–H and O–H groups in total. The van der Waals surface area contributed by atoms with Gasteiger partial charge in [-0.05, 0) is 6.07 Å². The number of carbonyl (C=O) groups excluding carboxylic acids is 1. The number of pyridine rings is 1. The molecule has 2 aromatic rings. The Bertz CT molecular complexity index is 510. The summed E-state index contributed by atoms with van der Waals surface area (Å²) < 4.78 is 10.2. The minimum Gasteiger partial charge on any atom is -0.475 e. The summed E-state index contributed by atoms with van der Waals surface area (Å²) in [7, 11) is 1.60. The van der Waals surface area contributed by atoms with Gasteiger partial charge >= 0.3 is 0 Å². The molecule has 0 atom stereocenters. The molecule has 7 nitrogen and oxygen atoms in total. The van der Waals surface area contributed by atoms with E-state index in [0.717, 1.165) is 0 Å². The fourth-order valence-corrected chi connectivity index (χ4v) is 1.35. The lowest BCUT2D eigenvalue weighted by molar-refractivity contribution is 0.102. The Kier molecular flexibility index (Phi) is 4.46. The summed E-state index contributed by atoms with van der Waals surface area (Å²) in [5, 5.41) is 8.98. The second kappa shape index (κ2) is 6.50. The molecule has 0 bridgehead atoms. The van der Waals surface area contributed by atoms with Crippen molar-refractivity contribution in [2.24, 2.45) is 0 Å². The Morgan fingerprint density at radius 1 is 1.37 bits per heavy atom. The van der Waals surface area contributed by atoms with Crippen LogP contribution in [-0.2, 0) is 4.74 Å². The van der Waals surface area contributed by atoms with Gasteiger partial charge in [-0.1, -0.05) is 0 Å². The number of hydrogen-bond acceptors (Lipinski definition) is 5. The van der Waals surface area contributed by atoms with Gasteiger partial charge in [-0.25, -0.2) is 4.98 Å². The van der Waals surface area contributed by atoms with Crippen LogP contribution in [0.2, 0.25) is 0 Å². The maximum atomic E-state index is 11.7. The van der Waals surface area contributed by atoms with E-state index in [-0.39, 0.29) is 5.91 Å². The van der Waals surface area contributed by atoms with Gasteiger partial charge < -0.3 is 14.8 Å². The average molecular weight is 262 g/mol. The maximum Gasteiger partial charge on any atom is 0.258 e. The largest absolute Gasteiger partial charge is 0.475 e. The van der Waals surface area contributed by atoms with Crippen molar-refractivity contribution in [3.8, 4) is 5.88 Å². The van der Waals surface area contributed by atoms with E-state index in [9.17, 15) is 4.79 Å². The van der Waals surface area contributed by atoms with Crippen LogP contribution < -0.4 is 10.1 Å². The molecule has 1 amide bonds. The highest BCUT2D eigenvalue weighted by molar-refractivity contribution is 6.03. The van der Waals surface area contributed by atoms with Crippen molar-refractivity contribution in [1.82, 2.24) is 15.2 Å². The molecule has 0 unspecified atom stereocenters. The summed E-state index contributed by atoms with van der Waals surface area (Å²) in [6.45, 7) is 0.935. The first-order valence-corrected chi connectivity index (χ1v) is 5.67. The van der Waals surface area contributed by atoms with E-state index in [4.69, 9.17) is 9.47 Å². The van der Waals surface area contributed by atoms with E-state index < -0.39 is 0 Å². The fraction of sp³-hybridized carbons (Fsp3) is 0.250. The maximum absolute atomic E-state index is 11.7.